The minimum Gasteiger partial charge on any atom is -0.309 e. The smallest absolute Gasteiger partial charge is 0.258 e. The molecule has 114 valence electrons. The monoisotopic (exact) mass is 333 g/mol. The molecule has 0 fully saturated rings. The topological polar surface area (TPSA) is 49.0 Å². The maximum Gasteiger partial charge on any atom is 0.258 e. The Bertz CT molecular complexity index is 844. The van der Waals surface area contributed by atoms with Crippen LogP contribution in [0.4, 0.5) is 0 Å². The van der Waals surface area contributed by atoms with Gasteiger partial charge in [-0.05, 0) is 43.6 Å². The van der Waals surface area contributed by atoms with Crippen molar-refractivity contribution < 1.29 is 0 Å². The number of aromatic amines is 1. The molecule has 0 saturated carbocycles. The maximum absolute atomic E-state index is 12.1. The molecule has 1 aromatic carbocycles. The molecule has 6 heteroatoms. The molecule has 0 spiro atoms. The van der Waals surface area contributed by atoms with E-state index in [1.54, 1.807) is 29.5 Å². The van der Waals surface area contributed by atoms with E-state index in [0.717, 1.165) is 0 Å². The van der Waals surface area contributed by atoms with Crippen LogP contribution in [0.25, 0.3) is 10.9 Å². The van der Waals surface area contributed by atoms with Crippen LogP contribution in [-0.4, -0.2) is 21.9 Å². The predicted molar refractivity (Wildman–Crippen MR) is 91.6 cm³/mol. The molecule has 0 saturated heterocycles. The third kappa shape index (κ3) is 3.06. The van der Waals surface area contributed by atoms with Gasteiger partial charge in [0.25, 0.3) is 5.56 Å². The summed E-state index contributed by atoms with van der Waals surface area (Å²) in [5.41, 5.74) is 0.497. The molecular weight excluding hydrogens is 318 g/mol. The third-order valence-electron chi connectivity index (χ3n) is 3.73. The Labute approximate surface area is 137 Å². The first kappa shape index (κ1) is 15.2. The zero-order valence-corrected chi connectivity index (χ0v) is 13.9. The molecular formula is C16H16ClN3OS. The lowest BCUT2D eigenvalue weighted by Crippen LogP contribution is -2.24. The van der Waals surface area contributed by atoms with Gasteiger partial charge in [-0.15, -0.1) is 11.3 Å². The van der Waals surface area contributed by atoms with Gasteiger partial charge in [0.1, 0.15) is 5.82 Å². The highest BCUT2D eigenvalue weighted by Crippen LogP contribution is 2.24. The fourth-order valence-corrected chi connectivity index (χ4v) is 3.37. The van der Waals surface area contributed by atoms with Crippen LogP contribution in [0.3, 0.4) is 0 Å². The van der Waals surface area contributed by atoms with Gasteiger partial charge in [0.15, 0.2) is 0 Å². The molecule has 0 bridgehead atoms. The number of thiophene rings is 1. The average molecular weight is 334 g/mol. The summed E-state index contributed by atoms with van der Waals surface area (Å²) in [5, 5.41) is 3.21. The van der Waals surface area contributed by atoms with Gasteiger partial charge in [0.05, 0.1) is 17.4 Å². The molecule has 3 rings (SSSR count). The van der Waals surface area contributed by atoms with E-state index in [0.29, 0.717) is 28.3 Å². The summed E-state index contributed by atoms with van der Waals surface area (Å²) < 4.78 is 0. The molecule has 0 aliphatic heterocycles. The summed E-state index contributed by atoms with van der Waals surface area (Å²) in [6.45, 7) is 2.71. The Morgan fingerprint density at radius 1 is 1.41 bits per heavy atom. The second kappa shape index (κ2) is 6.20. The van der Waals surface area contributed by atoms with Gasteiger partial charge in [-0.1, -0.05) is 17.7 Å². The molecule has 4 nitrogen and oxygen atoms in total. The Kier molecular flexibility index (Phi) is 4.29. The summed E-state index contributed by atoms with van der Waals surface area (Å²) in [6.07, 6.45) is 0. The van der Waals surface area contributed by atoms with E-state index in [1.807, 2.05) is 13.1 Å². The van der Waals surface area contributed by atoms with Crippen molar-refractivity contribution in [1.82, 2.24) is 14.9 Å². The second-order valence-corrected chi connectivity index (χ2v) is 6.70. The normalized spacial score (nSPS) is 12.9. The number of fused-ring (bicyclic) bond motifs is 1. The molecule has 22 heavy (non-hydrogen) atoms. The van der Waals surface area contributed by atoms with E-state index in [2.05, 4.69) is 33.2 Å². The van der Waals surface area contributed by atoms with E-state index in [-0.39, 0.29) is 11.6 Å². The minimum atomic E-state index is -0.131. The zero-order chi connectivity index (χ0) is 15.7. The number of halogens is 1. The van der Waals surface area contributed by atoms with Crippen LogP contribution in [0, 0.1) is 0 Å². The van der Waals surface area contributed by atoms with Crippen LogP contribution in [0.2, 0.25) is 5.02 Å². The number of aromatic nitrogens is 2. The van der Waals surface area contributed by atoms with Gasteiger partial charge in [-0.2, -0.15) is 0 Å². The van der Waals surface area contributed by atoms with Crippen molar-refractivity contribution in [1.29, 1.82) is 0 Å². The van der Waals surface area contributed by atoms with E-state index < -0.39 is 0 Å². The number of nitrogens with zero attached hydrogens (tertiary/aromatic N) is 2. The van der Waals surface area contributed by atoms with Gasteiger partial charge in [0, 0.05) is 15.9 Å². The van der Waals surface area contributed by atoms with Gasteiger partial charge in [0.2, 0.25) is 0 Å². The lowest BCUT2D eigenvalue weighted by atomic mass is 10.2. The van der Waals surface area contributed by atoms with Crippen molar-refractivity contribution in [3.05, 3.63) is 61.8 Å². The summed E-state index contributed by atoms with van der Waals surface area (Å²) >= 11 is 7.71. The maximum atomic E-state index is 12.1. The fraction of sp³-hybridized carbons (Fsp3) is 0.250. The lowest BCUT2D eigenvalue weighted by Gasteiger charge is -2.23. The quantitative estimate of drug-likeness (QED) is 0.789. The number of benzene rings is 1. The van der Waals surface area contributed by atoms with Crippen molar-refractivity contribution in [3.8, 4) is 0 Å². The standard InChI is InChI=1S/C16H16ClN3OS/c1-10(14-4-3-7-22-14)20(2)9-15-18-13-8-11(17)5-6-12(13)16(21)19-15/h3-8,10H,9H2,1-2H3,(H,18,19,21). The SMILES string of the molecule is CC(c1cccs1)N(C)Cc1nc2cc(Cl)ccc2c(=O)[nH]1. The third-order valence-corrected chi connectivity index (χ3v) is 5.01. The Hall–Kier alpha value is -1.69. The summed E-state index contributed by atoms with van der Waals surface area (Å²) in [4.78, 5) is 22.9. The average Bonchev–Trinajstić information content (AvgIpc) is 3.00. The van der Waals surface area contributed by atoms with Crippen LogP contribution in [-0.2, 0) is 6.54 Å². The zero-order valence-electron chi connectivity index (χ0n) is 12.3. The minimum absolute atomic E-state index is 0.131. The highest BCUT2D eigenvalue weighted by molar-refractivity contribution is 7.10. The predicted octanol–water partition coefficient (Wildman–Crippen LogP) is 3.83. The molecule has 2 heterocycles. The molecule has 0 amide bonds. The van der Waals surface area contributed by atoms with Crippen LogP contribution < -0.4 is 5.56 Å². The summed E-state index contributed by atoms with van der Waals surface area (Å²) in [5.74, 6) is 0.644. The molecule has 1 unspecified atom stereocenters. The number of rotatable bonds is 4. The fourth-order valence-electron chi connectivity index (χ4n) is 2.36. The Morgan fingerprint density at radius 2 is 2.23 bits per heavy atom. The first-order valence-electron chi connectivity index (χ1n) is 6.96. The molecule has 0 aliphatic rings. The van der Waals surface area contributed by atoms with Gasteiger partial charge >= 0.3 is 0 Å². The molecule has 1 N–H and O–H groups in total. The molecule has 2 aromatic heterocycles. The number of nitrogens with one attached hydrogen (secondary N) is 1. The van der Waals surface area contributed by atoms with Gasteiger partial charge < -0.3 is 4.98 Å². The largest absolute Gasteiger partial charge is 0.309 e. The number of hydrogen-bond donors (Lipinski definition) is 1. The van der Waals surface area contributed by atoms with Crippen LogP contribution in [0.15, 0.2) is 40.5 Å². The van der Waals surface area contributed by atoms with Gasteiger partial charge in [-0.25, -0.2) is 4.98 Å². The lowest BCUT2D eigenvalue weighted by molar-refractivity contribution is 0.250. The summed E-state index contributed by atoms with van der Waals surface area (Å²) in [6, 6.07) is 9.54. The number of H-pyrrole nitrogens is 1. The molecule has 0 aliphatic carbocycles. The van der Waals surface area contributed by atoms with E-state index in [1.165, 1.54) is 4.88 Å². The van der Waals surface area contributed by atoms with E-state index in [4.69, 9.17) is 11.6 Å². The van der Waals surface area contributed by atoms with Crippen molar-refractivity contribution >= 4 is 33.8 Å². The van der Waals surface area contributed by atoms with E-state index in [9.17, 15) is 4.79 Å². The van der Waals surface area contributed by atoms with Crippen molar-refractivity contribution in [2.75, 3.05) is 7.05 Å². The molecule has 3 aromatic rings. The van der Waals surface area contributed by atoms with Crippen molar-refractivity contribution in [2.45, 2.75) is 19.5 Å². The Balaban J connectivity index is 1.89. The highest BCUT2D eigenvalue weighted by atomic mass is 35.5. The van der Waals surface area contributed by atoms with Gasteiger partial charge in [-0.3, -0.25) is 9.69 Å². The van der Waals surface area contributed by atoms with Crippen LogP contribution in [0.5, 0.6) is 0 Å². The first-order valence-corrected chi connectivity index (χ1v) is 8.22. The molecule has 0 radical (unpaired) electrons. The highest BCUT2D eigenvalue weighted by Gasteiger charge is 2.14. The Morgan fingerprint density at radius 3 is 2.95 bits per heavy atom. The van der Waals surface area contributed by atoms with Crippen molar-refractivity contribution in [3.63, 3.8) is 0 Å². The van der Waals surface area contributed by atoms with Crippen molar-refractivity contribution in [2.24, 2.45) is 0 Å². The van der Waals surface area contributed by atoms with Crippen LogP contribution >= 0.6 is 22.9 Å². The van der Waals surface area contributed by atoms with Crippen LogP contribution in [0.1, 0.15) is 23.7 Å². The first-order chi connectivity index (χ1) is 10.5. The number of hydrogen-bond acceptors (Lipinski definition) is 4. The second-order valence-electron chi connectivity index (χ2n) is 5.28. The summed E-state index contributed by atoms with van der Waals surface area (Å²) in [7, 11) is 2.02. The molecule has 1 atom stereocenters. The van der Waals surface area contributed by atoms with E-state index >= 15 is 0 Å².